The first-order valence-electron chi connectivity index (χ1n) is 13.6. The molecule has 1 aliphatic heterocycles. The number of hydrogen-bond donors (Lipinski definition) is 1. The molecule has 0 amide bonds. The summed E-state index contributed by atoms with van der Waals surface area (Å²) in [6.07, 6.45) is 9.96. The van der Waals surface area contributed by atoms with Gasteiger partial charge >= 0.3 is 5.97 Å². The number of anilines is 1. The number of unbranched alkanes of at least 4 members (excludes halogenated alkanes) is 1. The van der Waals surface area contributed by atoms with E-state index in [1.165, 1.54) is 18.7 Å². The summed E-state index contributed by atoms with van der Waals surface area (Å²) in [5.41, 5.74) is 4.65. The van der Waals surface area contributed by atoms with Crippen LogP contribution in [-0.2, 0) is 33.8 Å². The van der Waals surface area contributed by atoms with Gasteiger partial charge in [0.1, 0.15) is 24.6 Å². The Balaban J connectivity index is 1.38. The highest BCUT2D eigenvalue weighted by Gasteiger charge is 2.12. The number of ketones is 1. The van der Waals surface area contributed by atoms with E-state index in [9.17, 15) is 14.0 Å². The van der Waals surface area contributed by atoms with Gasteiger partial charge in [-0.25, -0.2) is 9.37 Å². The van der Waals surface area contributed by atoms with Crippen molar-refractivity contribution >= 4 is 23.6 Å². The second-order valence-electron chi connectivity index (χ2n) is 9.78. The molecule has 3 aromatic rings. The van der Waals surface area contributed by atoms with E-state index in [2.05, 4.69) is 22.2 Å². The fourth-order valence-electron chi connectivity index (χ4n) is 4.48. The van der Waals surface area contributed by atoms with Gasteiger partial charge in [0.25, 0.3) is 0 Å². The summed E-state index contributed by atoms with van der Waals surface area (Å²) in [6.45, 7) is 1.23. The van der Waals surface area contributed by atoms with Crippen molar-refractivity contribution in [3.63, 3.8) is 0 Å². The number of ether oxygens (including phenoxy) is 2. The fourth-order valence-corrected chi connectivity index (χ4v) is 4.48. The monoisotopic (exact) mass is 542 g/mol. The van der Waals surface area contributed by atoms with Crippen molar-refractivity contribution < 1.29 is 23.5 Å². The summed E-state index contributed by atoms with van der Waals surface area (Å²) in [6, 6.07) is 18.6. The minimum atomic E-state index is -0.561. The Bertz CT molecular complexity index is 1370. The van der Waals surface area contributed by atoms with Crippen LogP contribution in [0.1, 0.15) is 54.5 Å². The highest BCUT2D eigenvalue weighted by molar-refractivity contribution is 5.96. The van der Waals surface area contributed by atoms with Crippen molar-refractivity contribution in [2.45, 2.75) is 51.6 Å². The largest absolute Gasteiger partial charge is 0.486 e. The lowest BCUT2D eigenvalue weighted by atomic mass is 10.0. The molecular weight excluding hydrogens is 507 g/mol. The van der Waals surface area contributed by atoms with Crippen LogP contribution in [-0.4, -0.2) is 30.4 Å². The number of aryl methyl sites for hydroxylation is 2. The zero-order chi connectivity index (χ0) is 28.2. The van der Waals surface area contributed by atoms with Crippen LogP contribution in [0.4, 0.5) is 10.2 Å². The van der Waals surface area contributed by atoms with E-state index < -0.39 is 11.8 Å². The average molecular weight is 543 g/mol. The van der Waals surface area contributed by atoms with Crippen molar-refractivity contribution in [3.05, 3.63) is 107 Å². The van der Waals surface area contributed by atoms with Gasteiger partial charge in [0.15, 0.2) is 11.6 Å². The van der Waals surface area contributed by atoms with Gasteiger partial charge in [-0.05, 0) is 72.6 Å². The standard InChI is InChI=1S/C33H35FN2O4/c1-39-32(38)22-29(37)20-24(8-5-6-12-28-17-16-27-11-7-19-35-33(27)36-28)13-14-25-15-18-31(30(34)21-25)40-23-26-9-3-2-4-10-26/h2-4,8-10,13-18,21H,5-7,11-12,19-20,22-23H2,1H3,(H,35,36)/b14-13+,24-8-. The molecule has 0 bridgehead atoms. The normalized spacial score (nSPS) is 13.0. The van der Waals surface area contributed by atoms with E-state index in [0.29, 0.717) is 5.56 Å². The number of halogens is 1. The predicted molar refractivity (Wildman–Crippen MR) is 155 cm³/mol. The summed E-state index contributed by atoms with van der Waals surface area (Å²) in [5.74, 6) is -0.0944. The fraction of sp³-hybridized carbons (Fsp3) is 0.303. The molecule has 4 rings (SSSR count). The summed E-state index contributed by atoms with van der Waals surface area (Å²) >= 11 is 0. The molecule has 0 atom stereocenters. The second kappa shape index (κ2) is 14.8. The molecular formula is C33H35FN2O4. The third-order valence-corrected chi connectivity index (χ3v) is 6.65. The van der Waals surface area contributed by atoms with Crippen LogP contribution in [0, 0.1) is 5.82 Å². The van der Waals surface area contributed by atoms with E-state index >= 15 is 0 Å². The highest BCUT2D eigenvalue weighted by atomic mass is 19.1. The quantitative estimate of drug-likeness (QED) is 0.113. The van der Waals surface area contributed by atoms with Crippen LogP contribution in [0.5, 0.6) is 5.75 Å². The second-order valence-corrected chi connectivity index (χ2v) is 9.78. The summed E-state index contributed by atoms with van der Waals surface area (Å²) in [4.78, 5) is 28.8. The number of benzene rings is 2. The van der Waals surface area contributed by atoms with Gasteiger partial charge in [0.2, 0.25) is 0 Å². The van der Waals surface area contributed by atoms with Crippen LogP contribution in [0.15, 0.2) is 78.4 Å². The molecule has 2 heterocycles. The molecule has 0 saturated carbocycles. The SMILES string of the molecule is COC(=O)CC(=O)CC(/C=C/c1ccc(OCc2ccccc2)c(F)c1)=C\CCCc1ccc2c(n1)NCCC2. The maximum absolute atomic E-state index is 14.7. The molecule has 0 saturated heterocycles. The first kappa shape index (κ1) is 28.7. The molecule has 2 aromatic carbocycles. The molecule has 0 fully saturated rings. The van der Waals surface area contributed by atoms with Crippen LogP contribution in [0.2, 0.25) is 0 Å². The molecule has 0 unspecified atom stereocenters. The van der Waals surface area contributed by atoms with Crippen LogP contribution < -0.4 is 10.1 Å². The van der Waals surface area contributed by atoms with Crippen molar-refractivity contribution in [3.8, 4) is 5.75 Å². The molecule has 6 nitrogen and oxygen atoms in total. The molecule has 1 N–H and O–H groups in total. The molecule has 1 aromatic heterocycles. The Hall–Kier alpha value is -4.26. The molecule has 40 heavy (non-hydrogen) atoms. The van der Waals surface area contributed by atoms with Gasteiger partial charge in [0.05, 0.1) is 7.11 Å². The van der Waals surface area contributed by atoms with Crippen LogP contribution in [0.3, 0.4) is 0 Å². The van der Waals surface area contributed by atoms with E-state index in [4.69, 9.17) is 9.72 Å². The first-order chi connectivity index (χ1) is 19.5. The predicted octanol–water partition coefficient (Wildman–Crippen LogP) is 6.64. The lowest BCUT2D eigenvalue weighted by molar-refractivity contribution is -0.143. The summed E-state index contributed by atoms with van der Waals surface area (Å²) in [5, 5.41) is 3.37. The van der Waals surface area contributed by atoms with Crippen LogP contribution in [0.25, 0.3) is 6.08 Å². The number of allylic oxidation sites excluding steroid dienone is 3. The van der Waals surface area contributed by atoms with Crippen molar-refractivity contribution in [1.29, 1.82) is 0 Å². The molecule has 0 aliphatic carbocycles. The van der Waals surface area contributed by atoms with Crippen molar-refractivity contribution in [1.82, 2.24) is 4.98 Å². The maximum atomic E-state index is 14.7. The third-order valence-electron chi connectivity index (χ3n) is 6.65. The Morgan fingerprint density at radius 3 is 2.73 bits per heavy atom. The number of methoxy groups -OCH3 is 1. The number of Topliss-reactive ketones (excluding diaryl/α,β-unsaturated/α-hetero) is 1. The van der Waals surface area contributed by atoms with Gasteiger partial charge in [-0.1, -0.05) is 60.7 Å². The van der Waals surface area contributed by atoms with Gasteiger partial charge < -0.3 is 14.8 Å². The Labute approximate surface area is 234 Å². The van der Waals surface area contributed by atoms with E-state index in [0.717, 1.165) is 61.3 Å². The van der Waals surface area contributed by atoms with E-state index in [1.807, 2.05) is 36.4 Å². The zero-order valence-corrected chi connectivity index (χ0v) is 22.8. The number of hydrogen-bond acceptors (Lipinski definition) is 6. The molecule has 0 radical (unpaired) electrons. The van der Waals surface area contributed by atoms with E-state index in [1.54, 1.807) is 24.3 Å². The van der Waals surface area contributed by atoms with Crippen molar-refractivity contribution in [2.24, 2.45) is 0 Å². The number of nitrogens with one attached hydrogen (secondary N) is 1. The molecule has 0 spiro atoms. The number of nitrogens with zero attached hydrogens (tertiary/aromatic N) is 1. The van der Waals surface area contributed by atoms with Gasteiger partial charge in [0, 0.05) is 18.7 Å². The lowest BCUT2D eigenvalue weighted by Crippen LogP contribution is -2.13. The van der Waals surface area contributed by atoms with E-state index in [-0.39, 0.29) is 31.0 Å². The summed E-state index contributed by atoms with van der Waals surface area (Å²) < 4.78 is 25.0. The highest BCUT2D eigenvalue weighted by Crippen LogP contribution is 2.22. The number of carbonyl (C=O) groups excluding carboxylic acids is 2. The first-order valence-corrected chi connectivity index (χ1v) is 13.6. The number of fused-ring (bicyclic) bond motifs is 1. The molecule has 1 aliphatic rings. The van der Waals surface area contributed by atoms with Gasteiger partial charge in [-0.15, -0.1) is 0 Å². The van der Waals surface area contributed by atoms with Crippen molar-refractivity contribution in [2.75, 3.05) is 19.0 Å². The third kappa shape index (κ3) is 8.90. The number of esters is 1. The minimum absolute atomic E-state index is 0.0906. The van der Waals surface area contributed by atoms with Gasteiger partial charge in [-0.3, -0.25) is 9.59 Å². The maximum Gasteiger partial charge on any atom is 0.313 e. The summed E-state index contributed by atoms with van der Waals surface area (Å²) in [7, 11) is 1.26. The van der Waals surface area contributed by atoms with Gasteiger partial charge in [-0.2, -0.15) is 0 Å². The molecule has 208 valence electrons. The average Bonchev–Trinajstić information content (AvgIpc) is 2.97. The zero-order valence-electron chi connectivity index (χ0n) is 22.8. The molecule has 7 heteroatoms. The number of pyridine rings is 1. The lowest BCUT2D eigenvalue weighted by Gasteiger charge is -2.17. The van der Waals surface area contributed by atoms with Crippen LogP contribution >= 0.6 is 0 Å². The number of carbonyl (C=O) groups is 2. The number of aromatic nitrogens is 1. The minimum Gasteiger partial charge on any atom is -0.486 e. The smallest absolute Gasteiger partial charge is 0.313 e. The Morgan fingerprint density at radius 1 is 1.07 bits per heavy atom. The Morgan fingerprint density at radius 2 is 1.93 bits per heavy atom. The Kier molecular flexibility index (Phi) is 10.6. The number of rotatable bonds is 13. The topological polar surface area (TPSA) is 77.5 Å².